The zero-order valence-corrected chi connectivity index (χ0v) is 17.6. The Morgan fingerprint density at radius 1 is 0.783 bits per heavy atom. The molecule has 1 heteroatoms. The van der Waals surface area contributed by atoms with E-state index in [-0.39, 0.29) is 0 Å². The Morgan fingerprint density at radius 2 is 1.48 bits per heavy atom. The molecular weight excluding hydrogens is 296 g/mol. The van der Waals surface area contributed by atoms with E-state index in [0.717, 1.165) is 30.1 Å². The summed E-state index contributed by atoms with van der Waals surface area (Å²) < 4.78 is 0. The largest absolute Gasteiger partial charge is 0.0935 e. The lowest BCUT2D eigenvalue weighted by Crippen LogP contribution is -2.13. The van der Waals surface area contributed by atoms with Crippen LogP contribution in [0.15, 0.2) is 0 Å². The van der Waals surface area contributed by atoms with Gasteiger partial charge >= 0.3 is 0 Å². The van der Waals surface area contributed by atoms with E-state index in [1.807, 2.05) is 5.37 Å². The SMILES string of the molecule is CCCCCC(CCC(CC)C(C)C)CC(CC)CCCC=S. The van der Waals surface area contributed by atoms with Crippen LogP contribution in [0.1, 0.15) is 112 Å². The molecular formula is C22H44S. The van der Waals surface area contributed by atoms with Crippen LogP contribution < -0.4 is 0 Å². The van der Waals surface area contributed by atoms with Crippen molar-refractivity contribution in [1.82, 2.24) is 0 Å². The molecule has 0 heterocycles. The van der Waals surface area contributed by atoms with Gasteiger partial charge in [-0.2, -0.15) is 0 Å². The lowest BCUT2D eigenvalue weighted by molar-refractivity contribution is 0.260. The van der Waals surface area contributed by atoms with Crippen molar-refractivity contribution in [2.45, 2.75) is 112 Å². The van der Waals surface area contributed by atoms with Crippen LogP contribution in [0, 0.1) is 23.7 Å². The molecule has 3 unspecified atom stereocenters. The molecule has 0 aromatic carbocycles. The zero-order chi connectivity index (χ0) is 17.5. The van der Waals surface area contributed by atoms with Crippen molar-refractivity contribution in [2.75, 3.05) is 0 Å². The lowest BCUT2D eigenvalue weighted by Gasteiger charge is -2.26. The van der Waals surface area contributed by atoms with Crippen LogP contribution in [0.3, 0.4) is 0 Å². The maximum Gasteiger partial charge on any atom is -0.0210 e. The first kappa shape index (κ1) is 23.1. The molecule has 0 nitrogen and oxygen atoms in total. The van der Waals surface area contributed by atoms with Crippen molar-refractivity contribution in [1.29, 1.82) is 0 Å². The Hall–Kier alpha value is 0.0900. The third kappa shape index (κ3) is 12.1. The summed E-state index contributed by atoms with van der Waals surface area (Å²) in [6, 6.07) is 0. The van der Waals surface area contributed by atoms with Gasteiger partial charge in [0.2, 0.25) is 0 Å². The molecule has 0 bridgehead atoms. The van der Waals surface area contributed by atoms with Gasteiger partial charge in [0.15, 0.2) is 0 Å². The van der Waals surface area contributed by atoms with Crippen LogP contribution in [0.4, 0.5) is 0 Å². The van der Waals surface area contributed by atoms with Gasteiger partial charge in [-0.3, -0.25) is 0 Å². The van der Waals surface area contributed by atoms with Crippen LogP contribution in [0.25, 0.3) is 0 Å². The van der Waals surface area contributed by atoms with Gasteiger partial charge in [-0.1, -0.05) is 98.2 Å². The van der Waals surface area contributed by atoms with Gasteiger partial charge in [-0.15, -0.1) is 0 Å². The van der Waals surface area contributed by atoms with Crippen molar-refractivity contribution >= 4 is 17.6 Å². The van der Waals surface area contributed by atoms with Crippen LogP contribution in [0.2, 0.25) is 0 Å². The number of thiocarbonyl (C=S) groups is 1. The predicted octanol–water partition coefficient (Wildman–Crippen LogP) is 8.23. The molecule has 0 saturated carbocycles. The van der Waals surface area contributed by atoms with Crippen LogP contribution in [-0.2, 0) is 0 Å². The Balaban J connectivity index is 4.42. The Bertz CT molecular complexity index is 259. The molecule has 0 aliphatic heterocycles. The maximum absolute atomic E-state index is 4.98. The molecule has 0 N–H and O–H groups in total. The van der Waals surface area contributed by atoms with Gasteiger partial charge in [0.05, 0.1) is 0 Å². The maximum atomic E-state index is 4.98. The zero-order valence-electron chi connectivity index (χ0n) is 16.8. The summed E-state index contributed by atoms with van der Waals surface area (Å²) in [6.45, 7) is 11.9. The van der Waals surface area contributed by atoms with E-state index in [2.05, 4.69) is 34.6 Å². The molecule has 138 valence electrons. The smallest absolute Gasteiger partial charge is 0.0210 e. The van der Waals surface area contributed by atoms with E-state index < -0.39 is 0 Å². The van der Waals surface area contributed by atoms with Crippen molar-refractivity contribution < 1.29 is 0 Å². The lowest BCUT2D eigenvalue weighted by atomic mass is 9.80. The van der Waals surface area contributed by atoms with E-state index in [1.54, 1.807) is 0 Å². The second-order valence-electron chi connectivity index (χ2n) is 7.96. The molecule has 0 amide bonds. The fourth-order valence-corrected chi connectivity index (χ4v) is 4.14. The van der Waals surface area contributed by atoms with E-state index >= 15 is 0 Å². The van der Waals surface area contributed by atoms with E-state index in [4.69, 9.17) is 12.2 Å². The molecule has 0 saturated heterocycles. The minimum absolute atomic E-state index is 0.848. The minimum atomic E-state index is 0.848. The third-order valence-corrected chi connectivity index (χ3v) is 6.04. The first-order valence-electron chi connectivity index (χ1n) is 10.5. The summed E-state index contributed by atoms with van der Waals surface area (Å²) in [5.74, 6) is 3.67. The van der Waals surface area contributed by atoms with Crippen LogP contribution >= 0.6 is 12.2 Å². The predicted molar refractivity (Wildman–Crippen MR) is 111 cm³/mol. The topological polar surface area (TPSA) is 0 Å². The summed E-state index contributed by atoms with van der Waals surface area (Å²) in [5.41, 5.74) is 0. The number of hydrogen-bond donors (Lipinski definition) is 0. The van der Waals surface area contributed by atoms with Gasteiger partial charge in [0.25, 0.3) is 0 Å². The van der Waals surface area contributed by atoms with Crippen molar-refractivity contribution in [3.63, 3.8) is 0 Å². The van der Waals surface area contributed by atoms with Crippen LogP contribution in [-0.4, -0.2) is 5.37 Å². The molecule has 0 aromatic heterocycles. The summed E-state index contributed by atoms with van der Waals surface area (Å²) in [7, 11) is 0. The minimum Gasteiger partial charge on any atom is -0.0935 e. The Morgan fingerprint density at radius 3 is 2.00 bits per heavy atom. The molecule has 3 atom stereocenters. The van der Waals surface area contributed by atoms with Gasteiger partial charge in [0, 0.05) is 0 Å². The molecule has 0 fully saturated rings. The second-order valence-corrected chi connectivity index (χ2v) is 8.29. The van der Waals surface area contributed by atoms with Crippen LogP contribution in [0.5, 0.6) is 0 Å². The quantitative estimate of drug-likeness (QED) is 0.201. The van der Waals surface area contributed by atoms with E-state index in [1.165, 1.54) is 70.6 Å². The highest BCUT2D eigenvalue weighted by molar-refractivity contribution is 7.78. The summed E-state index contributed by atoms with van der Waals surface area (Å²) in [6.07, 6.45) is 16.6. The second kappa shape index (κ2) is 15.6. The standard InChI is InChI=1S/C22H44S/c1-6-9-10-14-21(15-16-22(8-3)19(4)5)18-20(7-2)13-11-12-17-23/h17,19-22H,6-16,18H2,1-5H3. The summed E-state index contributed by atoms with van der Waals surface area (Å²) >= 11 is 4.98. The highest BCUT2D eigenvalue weighted by Crippen LogP contribution is 2.31. The fraction of sp³-hybridized carbons (Fsp3) is 0.955. The normalized spacial score (nSPS) is 15.6. The summed E-state index contributed by atoms with van der Waals surface area (Å²) in [5, 5.41) is 1.92. The van der Waals surface area contributed by atoms with E-state index in [9.17, 15) is 0 Å². The van der Waals surface area contributed by atoms with Crippen molar-refractivity contribution in [3.05, 3.63) is 0 Å². The highest BCUT2D eigenvalue weighted by Gasteiger charge is 2.18. The van der Waals surface area contributed by atoms with Gasteiger partial charge in [-0.25, -0.2) is 0 Å². The highest BCUT2D eigenvalue weighted by atomic mass is 32.1. The first-order chi connectivity index (χ1) is 11.1. The van der Waals surface area contributed by atoms with Crippen molar-refractivity contribution in [2.24, 2.45) is 23.7 Å². The monoisotopic (exact) mass is 340 g/mol. The average molecular weight is 341 g/mol. The van der Waals surface area contributed by atoms with Crippen molar-refractivity contribution in [3.8, 4) is 0 Å². The van der Waals surface area contributed by atoms with Gasteiger partial charge in [0.1, 0.15) is 0 Å². The molecule has 0 rings (SSSR count). The third-order valence-electron chi connectivity index (χ3n) is 5.81. The van der Waals surface area contributed by atoms with Gasteiger partial charge < -0.3 is 0 Å². The molecule has 0 aliphatic carbocycles. The number of unbranched alkanes of at least 4 members (excludes halogenated alkanes) is 3. The van der Waals surface area contributed by atoms with Gasteiger partial charge in [-0.05, 0) is 54.7 Å². The molecule has 0 aliphatic rings. The van der Waals surface area contributed by atoms with E-state index in [0.29, 0.717) is 0 Å². The molecule has 23 heavy (non-hydrogen) atoms. The molecule has 0 aromatic rings. The summed E-state index contributed by atoms with van der Waals surface area (Å²) in [4.78, 5) is 0. The average Bonchev–Trinajstić information content (AvgIpc) is 2.53. The molecule has 0 radical (unpaired) electrons. The fourth-order valence-electron chi connectivity index (χ4n) is 3.97. The number of rotatable bonds is 16. The first-order valence-corrected chi connectivity index (χ1v) is 11.0. The Kier molecular flexibility index (Phi) is 15.7. The Labute approximate surface area is 153 Å². The molecule has 0 spiro atoms. The number of hydrogen-bond acceptors (Lipinski definition) is 1.